The molecule has 1 aromatic carbocycles. The van der Waals surface area contributed by atoms with Crippen molar-refractivity contribution in [2.45, 2.75) is 39.2 Å². The van der Waals surface area contributed by atoms with Gasteiger partial charge < -0.3 is 15.8 Å². The van der Waals surface area contributed by atoms with Crippen LogP contribution in [-0.4, -0.2) is 42.9 Å². The minimum Gasteiger partial charge on any atom is -0.469 e. The highest BCUT2D eigenvalue weighted by atomic mass is 32.1. The van der Waals surface area contributed by atoms with Crippen LogP contribution in [0.2, 0.25) is 0 Å². The highest BCUT2D eigenvalue weighted by Gasteiger charge is 2.26. The summed E-state index contributed by atoms with van der Waals surface area (Å²) in [5, 5.41) is 3.44. The van der Waals surface area contributed by atoms with Gasteiger partial charge in [-0.2, -0.15) is 0 Å². The van der Waals surface area contributed by atoms with E-state index in [1.54, 1.807) is 6.92 Å². The number of nitrogens with one attached hydrogen (secondary N) is 1. The molecule has 31 heavy (non-hydrogen) atoms. The predicted molar refractivity (Wildman–Crippen MR) is 121 cm³/mol. The molecule has 0 saturated carbocycles. The number of methoxy groups -OCH3 is 1. The highest BCUT2D eigenvalue weighted by molar-refractivity contribution is 7.17. The quantitative estimate of drug-likeness (QED) is 0.580. The van der Waals surface area contributed by atoms with E-state index in [-0.39, 0.29) is 24.3 Å². The molecule has 3 N–H and O–H groups in total. The summed E-state index contributed by atoms with van der Waals surface area (Å²) in [5.74, 6) is -1.44. The van der Waals surface area contributed by atoms with Gasteiger partial charge in [0.2, 0.25) is 5.91 Å². The van der Waals surface area contributed by atoms with Crippen LogP contribution in [0.5, 0.6) is 0 Å². The number of fused-ring (bicyclic) bond motifs is 1. The van der Waals surface area contributed by atoms with Crippen molar-refractivity contribution in [2.75, 3.05) is 25.5 Å². The summed E-state index contributed by atoms with van der Waals surface area (Å²) in [6, 6.07) is 9.76. The van der Waals surface area contributed by atoms with Crippen molar-refractivity contribution < 1.29 is 19.1 Å². The van der Waals surface area contributed by atoms with Crippen molar-refractivity contribution in [1.82, 2.24) is 4.90 Å². The number of aryl methyl sites for hydroxylation is 1. The van der Waals surface area contributed by atoms with Crippen LogP contribution >= 0.6 is 11.3 Å². The number of amides is 2. The maximum absolute atomic E-state index is 12.9. The minimum atomic E-state index is -0.504. The lowest BCUT2D eigenvalue weighted by atomic mass is 9.95. The summed E-state index contributed by atoms with van der Waals surface area (Å²) < 4.78 is 4.84. The largest absolute Gasteiger partial charge is 0.469 e. The predicted octanol–water partition coefficient (Wildman–Crippen LogP) is 2.98. The Morgan fingerprint density at radius 2 is 1.90 bits per heavy atom. The van der Waals surface area contributed by atoms with Crippen molar-refractivity contribution in [3.05, 3.63) is 51.9 Å². The summed E-state index contributed by atoms with van der Waals surface area (Å²) in [7, 11) is 1.36. The van der Waals surface area contributed by atoms with Gasteiger partial charge >= 0.3 is 5.97 Å². The Hall–Kier alpha value is -2.71. The first-order chi connectivity index (χ1) is 14.9. The molecule has 3 rings (SSSR count). The third kappa shape index (κ3) is 5.92. The number of hydrogen-bond donors (Lipinski definition) is 2. The number of primary amides is 1. The van der Waals surface area contributed by atoms with E-state index in [1.807, 2.05) is 35.2 Å². The minimum absolute atomic E-state index is 0.0804. The zero-order valence-electron chi connectivity index (χ0n) is 18.0. The van der Waals surface area contributed by atoms with Gasteiger partial charge in [-0.1, -0.05) is 37.3 Å². The molecule has 0 fully saturated rings. The molecule has 0 spiro atoms. The number of rotatable bonds is 9. The van der Waals surface area contributed by atoms with E-state index in [4.69, 9.17) is 10.5 Å². The molecule has 1 unspecified atom stereocenters. The van der Waals surface area contributed by atoms with Crippen LogP contribution in [0.25, 0.3) is 0 Å². The van der Waals surface area contributed by atoms with Crippen LogP contribution in [0.15, 0.2) is 30.3 Å². The normalized spacial score (nSPS) is 14.0. The molecular formula is C23H29N3O4S. The Morgan fingerprint density at radius 3 is 2.58 bits per heavy atom. The van der Waals surface area contributed by atoms with Crippen molar-refractivity contribution in [3.8, 4) is 0 Å². The lowest BCUT2D eigenvalue weighted by molar-refractivity contribution is -0.145. The first kappa shape index (κ1) is 23.0. The summed E-state index contributed by atoms with van der Waals surface area (Å²) >= 11 is 1.45. The van der Waals surface area contributed by atoms with Gasteiger partial charge in [0.1, 0.15) is 5.00 Å². The summed E-state index contributed by atoms with van der Waals surface area (Å²) in [4.78, 5) is 39.9. The van der Waals surface area contributed by atoms with Crippen LogP contribution in [0.1, 0.15) is 46.1 Å². The number of carbonyl (C=O) groups is 3. The molecule has 1 aliphatic carbocycles. The molecule has 0 aliphatic heterocycles. The van der Waals surface area contributed by atoms with Gasteiger partial charge in [-0.3, -0.25) is 19.3 Å². The fourth-order valence-corrected chi connectivity index (χ4v) is 5.28. The monoisotopic (exact) mass is 443 g/mol. The fraction of sp³-hybridized carbons (Fsp3) is 0.435. The van der Waals surface area contributed by atoms with Gasteiger partial charge in [-0.15, -0.1) is 11.3 Å². The highest BCUT2D eigenvalue weighted by Crippen LogP contribution is 2.37. The summed E-state index contributed by atoms with van der Waals surface area (Å²) in [5.41, 5.74) is 8.11. The number of nitrogens with zero attached hydrogens (tertiary/aromatic N) is 1. The second-order valence-corrected chi connectivity index (χ2v) is 9.01. The Balaban J connectivity index is 1.74. The maximum Gasteiger partial charge on any atom is 0.309 e. The number of thiophene rings is 1. The molecule has 7 nitrogen and oxygen atoms in total. The maximum atomic E-state index is 12.9. The zero-order valence-corrected chi connectivity index (χ0v) is 18.8. The Labute approximate surface area is 186 Å². The Morgan fingerprint density at radius 1 is 1.19 bits per heavy atom. The van der Waals surface area contributed by atoms with E-state index in [1.165, 1.54) is 18.4 Å². The van der Waals surface area contributed by atoms with Gasteiger partial charge in [0.05, 0.1) is 25.1 Å². The Bertz CT molecular complexity index is 942. The molecule has 8 heteroatoms. The average molecular weight is 444 g/mol. The van der Waals surface area contributed by atoms with Gasteiger partial charge in [0.25, 0.3) is 5.91 Å². The summed E-state index contributed by atoms with van der Waals surface area (Å²) in [6.07, 6.45) is 3.83. The number of carbonyl (C=O) groups excluding carboxylic acids is 3. The molecule has 166 valence electrons. The zero-order chi connectivity index (χ0) is 22.4. The van der Waals surface area contributed by atoms with Gasteiger partial charge in [0.15, 0.2) is 0 Å². The standard InChI is InChI=1S/C23H29N3O4S/c1-15(23(29)30-2)12-26(13-16-8-4-3-5-9-16)14-19(27)25-22-20(21(24)28)17-10-6-7-11-18(17)31-22/h3-5,8-9,15H,6-7,10-14H2,1-2H3,(H2,24,28)(H,25,27). The molecule has 1 aliphatic rings. The van der Waals surface area contributed by atoms with Gasteiger partial charge in [-0.05, 0) is 36.8 Å². The van der Waals surface area contributed by atoms with Crippen molar-refractivity contribution in [1.29, 1.82) is 0 Å². The van der Waals surface area contributed by atoms with E-state index in [9.17, 15) is 14.4 Å². The SMILES string of the molecule is COC(=O)C(C)CN(CC(=O)Nc1sc2c(c1C(N)=O)CCCC2)Cc1ccccc1. The van der Waals surface area contributed by atoms with Crippen molar-refractivity contribution >= 4 is 34.1 Å². The molecule has 0 radical (unpaired) electrons. The lowest BCUT2D eigenvalue weighted by Gasteiger charge is -2.24. The van der Waals surface area contributed by atoms with Crippen LogP contribution in [0.4, 0.5) is 5.00 Å². The Kier molecular flexibility index (Phi) is 7.81. The number of benzene rings is 1. The van der Waals surface area contributed by atoms with Crippen molar-refractivity contribution in [2.24, 2.45) is 11.7 Å². The lowest BCUT2D eigenvalue weighted by Crippen LogP contribution is -2.38. The van der Waals surface area contributed by atoms with E-state index in [2.05, 4.69) is 5.32 Å². The molecule has 1 heterocycles. The second kappa shape index (κ2) is 10.5. The van der Waals surface area contributed by atoms with E-state index >= 15 is 0 Å². The molecule has 1 aromatic heterocycles. The van der Waals surface area contributed by atoms with Crippen LogP contribution in [-0.2, 0) is 33.7 Å². The van der Waals surface area contributed by atoms with Crippen molar-refractivity contribution in [3.63, 3.8) is 0 Å². The molecule has 1 atom stereocenters. The fourth-order valence-electron chi connectivity index (χ4n) is 3.97. The number of nitrogens with two attached hydrogens (primary N) is 1. The second-order valence-electron chi connectivity index (χ2n) is 7.91. The van der Waals surface area contributed by atoms with Gasteiger partial charge in [-0.25, -0.2) is 0 Å². The third-order valence-electron chi connectivity index (χ3n) is 5.42. The number of ether oxygens (including phenoxy) is 1. The number of anilines is 1. The van der Waals surface area contributed by atoms with E-state index in [0.717, 1.165) is 41.7 Å². The molecule has 2 aromatic rings. The van der Waals surface area contributed by atoms with Crippen LogP contribution in [0, 0.1) is 5.92 Å². The van der Waals surface area contributed by atoms with E-state index in [0.29, 0.717) is 23.7 Å². The van der Waals surface area contributed by atoms with Crippen LogP contribution < -0.4 is 11.1 Å². The van der Waals surface area contributed by atoms with Gasteiger partial charge in [0, 0.05) is 18.0 Å². The van der Waals surface area contributed by atoms with Crippen LogP contribution in [0.3, 0.4) is 0 Å². The topological polar surface area (TPSA) is 102 Å². The smallest absolute Gasteiger partial charge is 0.309 e. The third-order valence-corrected chi connectivity index (χ3v) is 6.63. The average Bonchev–Trinajstić information content (AvgIpc) is 3.11. The first-order valence-corrected chi connectivity index (χ1v) is 11.3. The molecular weight excluding hydrogens is 414 g/mol. The van der Waals surface area contributed by atoms with E-state index < -0.39 is 5.91 Å². The number of hydrogen-bond acceptors (Lipinski definition) is 6. The number of esters is 1. The molecule has 2 amide bonds. The summed E-state index contributed by atoms with van der Waals surface area (Å²) in [6.45, 7) is 2.75. The first-order valence-electron chi connectivity index (χ1n) is 10.5. The molecule has 0 saturated heterocycles. The molecule has 0 bridgehead atoms.